The molecule has 4 nitrogen and oxygen atoms in total. The summed E-state index contributed by atoms with van der Waals surface area (Å²) < 4.78 is 19.4. The molecule has 1 aromatic carbocycles. The minimum absolute atomic E-state index is 0.302. The second kappa shape index (κ2) is 5.00. The second-order valence-electron chi connectivity index (χ2n) is 3.79. The van der Waals surface area contributed by atoms with Crippen LogP contribution in [-0.2, 0) is 11.8 Å². The van der Waals surface area contributed by atoms with E-state index in [4.69, 9.17) is 4.74 Å². The minimum Gasteiger partial charge on any atom is -0.462 e. The van der Waals surface area contributed by atoms with Crippen LogP contribution in [0.2, 0.25) is 0 Å². The van der Waals surface area contributed by atoms with Gasteiger partial charge >= 0.3 is 5.97 Å². The first-order valence-electron chi connectivity index (χ1n) is 5.58. The van der Waals surface area contributed by atoms with Crippen LogP contribution in [0.25, 0.3) is 11.3 Å². The van der Waals surface area contributed by atoms with Gasteiger partial charge < -0.3 is 4.74 Å². The predicted molar refractivity (Wildman–Crippen MR) is 64.6 cm³/mol. The summed E-state index contributed by atoms with van der Waals surface area (Å²) in [7, 11) is 1.72. The number of hydrogen-bond acceptors (Lipinski definition) is 3. The fraction of sp³-hybridized carbons (Fsp3) is 0.231. The van der Waals surface area contributed by atoms with E-state index in [1.807, 2.05) is 0 Å². The van der Waals surface area contributed by atoms with Crippen molar-refractivity contribution in [2.24, 2.45) is 7.05 Å². The molecule has 0 fully saturated rings. The van der Waals surface area contributed by atoms with E-state index >= 15 is 0 Å². The van der Waals surface area contributed by atoms with E-state index in [0.29, 0.717) is 23.4 Å². The largest absolute Gasteiger partial charge is 0.462 e. The molecule has 0 radical (unpaired) electrons. The van der Waals surface area contributed by atoms with Gasteiger partial charge in [0.25, 0.3) is 0 Å². The van der Waals surface area contributed by atoms with E-state index in [2.05, 4.69) is 5.10 Å². The van der Waals surface area contributed by atoms with Gasteiger partial charge in [0, 0.05) is 18.8 Å². The summed E-state index contributed by atoms with van der Waals surface area (Å²) in [5.74, 6) is -0.753. The maximum absolute atomic E-state index is 12.9. The average molecular weight is 247 g/mol. The van der Waals surface area contributed by atoms with Crippen molar-refractivity contribution in [1.82, 2.24) is 9.78 Å². The number of hydrogen-bond donors (Lipinski definition) is 0. The van der Waals surface area contributed by atoms with Gasteiger partial charge in [0.15, 0.2) is 0 Å². The molecule has 0 aliphatic rings. The van der Waals surface area contributed by atoms with Crippen molar-refractivity contribution >= 4 is 5.97 Å². The van der Waals surface area contributed by atoms with Crippen LogP contribution in [0.3, 0.4) is 0 Å². The van der Waals surface area contributed by atoms with Crippen molar-refractivity contribution in [3.63, 3.8) is 0 Å². The highest BCUT2D eigenvalue weighted by molar-refractivity contribution is 5.95. The zero-order chi connectivity index (χ0) is 13.1. The molecule has 0 spiro atoms. The lowest BCUT2D eigenvalue weighted by Gasteiger charge is -2.02. The summed E-state index contributed by atoms with van der Waals surface area (Å²) in [5, 5.41) is 4.21. The van der Waals surface area contributed by atoms with Crippen LogP contribution in [0.1, 0.15) is 17.3 Å². The highest BCUT2D eigenvalue weighted by Gasteiger charge is 2.17. The predicted octanol–water partition coefficient (Wildman–Crippen LogP) is 2.40. The van der Waals surface area contributed by atoms with Crippen LogP contribution in [0, 0.1) is 5.82 Å². The van der Waals surface area contributed by atoms with Crippen molar-refractivity contribution in [3.05, 3.63) is 41.8 Å². The average Bonchev–Trinajstić information content (AvgIpc) is 2.73. The van der Waals surface area contributed by atoms with Crippen LogP contribution in [0.4, 0.5) is 4.39 Å². The van der Waals surface area contributed by atoms with E-state index in [-0.39, 0.29) is 5.82 Å². The molecule has 0 N–H and O–H groups in total. The third-order valence-corrected chi connectivity index (χ3v) is 2.44. The first-order valence-corrected chi connectivity index (χ1v) is 5.58. The molecule has 0 atom stereocenters. The molecule has 0 bridgehead atoms. The van der Waals surface area contributed by atoms with Crippen LogP contribution in [-0.4, -0.2) is 22.4 Å². The SMILES string of the molecule is CCOC(=O)c1cn(C)nc1-c1ccc([18F])cc1. The topological polar surface area (TPSA) is 44.1 Å². The molecule has 1 aromatic heterocycles. The molecular weight excluding hydrogens is 234 g/mol. The van der Waals surface area contributed by atoms with E-state index < -0.39 is 5.97 Å². The van der Waals surface area contributed by atoms with Crippen molar-refractivity contribution < 1.29 is 13.9 Å². The number of carbonyl (C=O) groups excluding carboxylic acids is 1. The van der Waals surface area contributed by atoms with Gasteiger partial charge in [0.05, 0.1) is 6.61 Å². The van der Waals surface area contributed by atoms with Crippen molar-refractivity contribution in [2.75, 3.05) is 6.61 Å². The Hall–Kier alpha value is -2.17. The molecule has 2 aromatic rings. The smallest absolute Gasteiger partial charge is 0.341 e. The number of esters is 1. The number of aromatic nitrogens is 2. The Morgan fingerprint density at radius 3 is 2.67 bits per heavy atom. The first-order chi connectivity index (χ1) is 8.61. The van der Waals surface area contributed by atoms with Gasteiger partial charge in [-0.25, -0.2) is 9.18 Å². The second-order valence-corrected chi connectivity index (χ2v) is 3.79. The number of halogens is 1. The lowest BCUT2D eigenvalue weighted by Crippen LogP contribution is -2.04. The minimum atomic E-state index is -0.426. The summed E-state index contributed by atoms with van der Waals surface area (Å²) >= 11 is 0. The van der Waals surface area contributed by atoms with Gasteiger partial charge in [-0.2, -0.15) is 5.10 Å². The zero-order valence-corrected chi connectivity index (χ0v) is 10.2. The van der Waals surface area contributed by atoms with Gasteiger partial charge in [-0.05, 0) is 31.2 Å². The van der Waals surface area contributed by atoms with Crippen molar-refractivity contribution in [1.29, 1.82) is 0 Å². The van der Waals surface area contributed by atoms with Gasteiger partial charge in [-0.15, -0.1) is 0 Å². The zero-order valence-electron chi connectivity index (χ0n) is 10.2. The van der Waals surface area contributed by atoms with E-state index in [0.717, 1.165) is 0 Å². The van der Waals surface area contributed by atoms with Gasteiger partial charge in [0.1, 0.15) is 17.1 Å². The molecule has 0 amide bonds. The molecule has 0 saturated heterocycles. The quantitative estimate of drug-likeness (QED) is 0.782. The number of ether oxygens (including phenoxy) is 1. The van der Waals surface area contributed by atoms with Crippen LogP contribution >= 0.6 is 0 Å². The van der Waals surface area contributed by atoms with Gasteiger partial charge in [-0.3, -0.25) is 4.68 Å². The standard InChI is InChI=1S/C13H13FN2O2/c1-3-18-13(17)11-8-16(2)15-12(11)9-4-6-10(14)7-5-9/h4-8H,3H2,1-2H3/i14-1. The molecule has 5 heteroatoms. The Morgan fingerprint density at radius 1 is 1.39 bits per heavy atom. The van der Waals surface area contributed by atoms with Crippen molar-refractivity contribution in [3.8, 4) is 11.3 Å². The number of carbonyl (C=O) groups is 1. The van der Waals surface area contributed by atoms with Crippen LogP contribution in [0.5, 0.6) is 0 Å². The number of rotatable bonds is 3. The van der Waals surface area contributed by atoms with E-state index in [9.17, 15) is 9.18 Å². The molecule has 18 heavy (non-hydrogen) atoms. The molecule has 94 valence electrons. The summed E-state index contributed by atoms with van der Waals surface area (Å²) in [5.41, 5.74) is 1.56. The third kappa shape index (κ3) is 2.40. The molecule has 2 rings (SSSR count). The van der Waals surface area contributed by atoms with Crippen LogP contribution < -0.4 is 0 Å². The third-order valence-electron chi connectivity index (χ3n) is 2.44. The maximum Gasteiger partial charge on any atom is 0.341 e. The number of nitrogens with zero attached hydrogens (tertiary/aromatic N) is 2. The fourth-order valence-corrected chi connectivity index (χ4v) is 1.67. The summed E-state index contributed by atoms with van der Waals surface area (Å²) in [6.07, 6.45) is 1.59. The van der Waals surface area contributed by atoms with Crippen molar-refractivity contribution in [2.45, 2.75) is 6.92 Å². The fourth-order valence-electron chi connectivity index (χ4n) is 1.67. The van der Waals surface area contributed by atoms with E-state index in [1.165, 1.54) is 16.8 Å². The monoisotopic (exact) mass is 247 g/mol. The normalized spacial score (nSPS) is 10.4. The highest BCUT2D eigenvalue weighted by atomic mass is 18.2. The van der Waals surface area contributed by atoms with Gasteiger partial charge in [0.2, 0.25) is 0 Å². The summed E-state index contributed by atoms with van der Waals surface area (Å²) in [6, 6.07) is 5.83. The Kier molecular flexibility index (Phi) is 3.41. The summed E-state index contributed by atoms with van der Waals surface area (Å²) in [6.45, 7) is 2.04. The van der Waals surface area contributed by atoms with Gasteiger partial charge in [-0.1, -0.05) is 0 Å². The number of benzene rings is 1. The van der Waals surface area contributed by atoms with Crippen LogP contribution in [0.15, 0.2) is 30.5 Å². The molecular formula is C13H13FN2O2. The Bertz CT molecular complexity index is 561. The lowest BCUT2D eigenvalue weighted by atomic mass is 10.1. The Labute approximate surface area is 104 Å². The molecule has 0 aliphatic carbocycles. The first kappa shape index (κ1) is 12.3. The maximum atomic E-state index is 12.9. The Balaban J connectivity index is 2.44. The molecule has 0 unspecified atom stereocenters. The van der Waals surface area contributed by atoms with E-state index in [1.54, 1.807) is 32.3 Å². The number of aryl methyl sites for hydroxylation is 1. The molecule has 0 aliphatic heterocycles. The lowest BCUT2D eigenvalue weighted by molar-refractivity contribution is 0.0527. The molecule has 0 saturated carbocycles. The highest BCUT2D eigenvalue weighted by Crippen LogP contribution is 2.22. The molecule has 1 heterocycles. The summed E-state index contributed by atoms with van der Waals surface area (Å²) in [4.78, 5) is 11.8. The Morgan fingerprint density at radius 2 is 2.06 bits per heavy atom.